The number of halogens is 2. The molecule has 2 rings (SSSR count). The Balaban J connectivity index is 2.18. The number of aromatic amines is 1. The molecular formula is C20H21F2NO7S. The number of esters is 2. The molecule has 0 bridgehead atoms. The van der Waals surface area contributed by atoms with E-state index in [-0.39, 0.29) is 23.4 Å². The molecule has 0 fully saturated rings. The van der Waals surface area contributed by atoms with Crippen molar-refractivity contribution in [2.75, 3.05) is 6.61 Å². The summed E-state index contributed by atoms with van der Waals surface area (Å²) in [4.78, 5) is 39.2. The molecule has 1 N–H and O–H groups in total. The van der Waals surface area contributed by atoms with Crippen molar-refractivity contribution in [1.29, 1.82) is 0 Å². The van der Waals surface area contributed by atoms with E-state index in [1.807, 2.05) is 0 Å². The van der Waals surface area contributed by atoms with E-state index in [0.29, 0.717) is 11.3 Å². The monoisotopic (exact) mass is 457 g/mol. The van der Waals surface area contributed by atoms with Gasteiger partial charge in [0.15, 0.2) is 6.10 Å². The molecule has 11 heteroatoms. The molecule has 168 valence electrons. The topological polar surface area (TPSA) is 120 Å². The van der Waals surface area contributed by atoms with Gasteiger partial charge in [-0.1, -0.05) is 0 Å². The highest BCUT2D eigenvalue weighted by molar-refractivity contribution is 7.91. The summed E-state index contributed by atoms with van der Waals surface area (Å²) in [7, 11) is -4.79. The molecule has 0 saturated heterocycles. The van der Waals surface area contributed by atoms with Crippen LogP contribution in [0.1, 0.15) is 56.3 Å². The number of alkyl halides is 2. The van der Waals surface area contributed by atoms with Gasteiger partial charge in [0.25, 0.3) is 0 Å². The van der Waals surface area contributed by atoms with E-state index >= 15 is 0 Å². The minimum atomic E-state index is -4.79. The highest BCUT2D eigenvalue weighted by Crippen LogP contribution is 2.22. The van der Waals surface area contributed by atoms with E-state index in [4.69, 9.17) is 9.47 Å². The molecule has 0 amide bonds. The molecule has 1 heterocycles. The number of carbonyl (C=O) groups excluding carboxylic acids is 3. The molecule has 0 radical (unpaired) electrons. The lowest BCUT2D eigenvalue weighted by Gasteiger charge is -2.12. The molecule has 0 aliphatic rings. The number of ketones is 1. The van der Waals surface area contributed by atoms with E-state index in [2.05, 4.69) is 4.98 Å². The van der Waals surface area contributed by atoms with Crippen molar-refractivity contribution in [3.05, 3.63) is 52.3 Å². The van der Waals surface area contributed by atoms with Gasteiger partial charge in [0.05, 0.1) is 28.3 Å². The number of sulfone groups is 1. The Morgan fingerprint density at radius 1 is 1.06 bits per heavy atom. The first-order chi connectivity index (χ1) is 14.4. The number of benzene rings is 1. The summed E-state index contributed by atoms with van der Waals surface area (Å²) < 4.78 is 58.1. The lowest BCUT2D eigenvalue weighted by atomic mass is 10.1. The Hall–Kier alpha value is -3.08. The number of hydrogen-bond acceptors (Lipinski definition) is 7. The first-order valence-corrected chi connectivity index (χ1v) is 10.7. The fraction of sp³-hybridized carbons (Fsp3) is 0.350. The van der Waals surface area contributed by atoms with Gasteiger partial charge in [0.1, 0.15) is 0 Å². The zero-order valence-electron chi connectivity index (χ0n) is 17.2. The van der Waals surface area contributed by atoms with Crippen molar-refractivity contribution >= 4 is 27.6 Å². The second kappa shape index (κ2) is 9.38. The van der Waals surface area contributed by atoms with Crippen LogP contribution in [0.2, 0.25) is 0 Å². The third-order valence-electron chi connectivity index (χ3n) is 4.47. The maximum Gasteiger partial charge on any atom is 0.341 e. The number of Topliss-reactive ketones (excluding diaryl/α,β-unsaturated/α-hetero) is 1. The van der Waals surface area contributed by atoms with Crippen molar-refractivity contribution in [3.63, 3.8) is 0 Å². The standard InChI is InChI=1S/C20H21F2NO7S/c1-5-29-19(26)15-10(2)16(23-11(15)3)17(24)12(4)30-18(25)13-6-8-14(9-7-13)31(27,28)20(21)22/h6-9,12,20,23H,5H2,1-4H3. The number of hydrogen-bond donors (Lipinski definition) is 1. The van der Waals surface area contributed by atoms with Gasteiger partial charge in [-0.3, -0.25) is 4.79 Å². The van der Waals surface area contributed by atoms with Crippen LogP contribution in [0.15, 0.2) is 29.2 Å². The zero-order valence-corrected chi connectivity index (χ0v) is 18.0. The second-order valence-electron chi connectivity index (χ2n) is 6.59. The molecule has 1 aromatic heterocycles. The summed E-state index contributed by atoms with van der Waals surface area (Å²) in [5, 5.41) is 0. The lowest BCUT2D eigenvalue weighted by Crippen LogP contribution is -2.25. The number of nitrogens with one attached hydrogen (secondary N) is 1. The van der Waals surface area contributed by atoms with E-state index in [1.165, 1.54) is 6.92 Å². The fourth-order valence-electron chi connectivity index (χ4n) is 2.87. The Bertz CT molecular complexity index is 1110. The summed E-state index contributed by atoms with van der Waals surface area (Å²) in [6, 6.07) is 3.73. The summed E-state index contributed by atoms with van der Waals surface area (Å²) in [6.07, 6.45) is -1.25. The quantitative estimate of drug-likeness (QED) is 0.477. The highest BCUT2D eigenvalue weighted by Gasteiger charge is 2.29. The minimum Gasteiger partial charge on any atom is -0.462 e. The first-order valence-electron chi connectivity index (χ1n) is 9.15. The highest BCUT2D eigenvalue weighted by atomic mass is 32.2. The zero-order chi connectivity index (χ0) is 23.5. The minimum absolute atomic E-state index is 0.0826. The van der Waals surface area contributed by atoms with Crippen LogP contribution in [0.25, 0.3) is 0 Å². The van der Waals surface area contributed by atoms with Crippen LogP contribution in [0.3, 0.4) is 0 Å². The normalized spacial score (nSPS) is 12.5. The molecule has 2 aromatic rings. The van der Waals surface area contributed by atoms with Crippen molar-refractivity contribution in [1.82, 2.24) is 4.98 Å². The van der Waals surface area contributed by atoms with Crippen LogP contribution < -0.4 is 0 Å². The Labute approximate surface area is 177 Å². The average molecular weight is 457 g/mol. The third kappa shape index (κ3) is 4.98. The van der Waals surface area contributed by atoms with Gasteiger partial charge in [-0.15, -0.1) is 0 Å². The van der Waals surface area contributed by atoms with Gasteiger partial charge in [-0.05, 0) is 57.5 Å². The van der Waals surface area contributed by atoms with E-state index < -0.39 is 44.3 Å². The van der Waals surface area contributed by atoms with E-state index in [0.717, 1.165) is 24.3 Å². The van der Waals surface area contributed by atoms with Crippen molar-refractivity contribution in [2.45, 2.75) is 44.5 Å². The first kappa shape index (κ1) is 24.2. The number of H-pyrrole nitrogens is 1. The van der Waals surface area contributed by atoms with Gasteiger partial charge < -0.3 is 14.5 Å². The van der Waals surface area contributed by atoms with Gasteiger partial charge in [0.2, 0.25) is 15.6 Å². The summed E-state index contributed by atoms with van der Waals surface area (Å²) >= 11 is 0. The fourth-order valence-corrected chi connectivity index (χ4v) is 3.60. The van der Waals surface area contributed by atoms with Crippen LogP contribution in [-0.2, 0) is 19.3 Å². The summed E-state index contributed by atoms with van der Waals surface area (Å²) in [6.45, 7) is 6.30. The predicted molar refractivity (Wildman–Crippen MR) is 105 cm³/mol. The number of carbonyl (C=O) groups is 3. The molecule has 0 aliphatic carbocycles. The van der Waals surface area contributed by atoms with Crippen LogP contribution in [-0.4, -0.2) is 49.6 Å². The lowest BCUT2D eigenvalue weighted by molar-refractivity contribution is 0.0316. The number of aromatic nitrogens is 1. The van der Waals surface area contributed by atoms with E-state index in [1.54, 1.807) is 20.8 Å². The molecule has 1 unspecified atom stereocenters. The Morgan fingerprint density at radius 2 is 1.65 bits per heavy atom. The Morgan fingerprint density at radius 3 is 2.16 bits per heavy atom. The number of aryl methyl sites for hydroxylation is 1. The van der Waals surface area contributed by atoms with Crippen LogP contribution in [0.5, 0.6) is 0 Å². The number of ether oxygens (including phenoxy) is 2. The molecule has 1 atom stereocenters. The summed E-state index contributed by atoms with van der Waals surface area (Å²) in [5.74, 6) is -5.72. The van der Waals surface area contributed by atoms with Crippen LogP contribution in [0, 0.1) is 13.8 Å². The molecule has 0 spiro atoms. The van der Waals surface area contributed by atoms with Gasteiger partial charge in [-0.25, -0.2) is 18.0 Å². The molecule has 8 nitrogen and oxygen atoms in total. The number of rotatable bonds is 8. The average Bonchev–Trinajstić information content (AvgIpc) is 3.01. The SMILES string of the molecule is CCOC(=O)c1c(C)[nH]c(C(=O)C(C)OC(=O)c2ccc(S(=O)(=O)C(F)F)cc2)c1C. The molecular weight excluding hydrogens is 436 g/mol. The largest absolute Gasteiger partial charge is 0.462 e. The second-order valence-corrected chi connectivity index (χ2v) is 8.51. The van der Waals surface area contributed by atoms with Gasteiger partial charge in [0, 0.05) is 5.69 Å². The predicted octanol–water partition coefficient (Wildman–Crippen LogP) is 3.23. The van der Waals surface area contributed by atoms with Crippen LogP contribution >= 0.6 is 0 Å². The van der Waals surface area contributed by atoms with Crippen LogP contribution in [0.4, 0.5) is 8.78 Å². The Kier molecular flexibility index (Phi) is 7.32. The van der Waals surface area contributed by atoms with E-state index in [9.17, 15) is 31.6 Å². The molecule has 0 saturated carbocycles. The summed E-state index contributed by atoms with van der Waals surface area (Å²) in [5.41, 5.74) is 0.956. The molecule has 31 heavy (non-hydrogen) atoms. The molecule has 0 aliphatic heterocycles. The van der Waals surface area contributed by atoms with Crippen molar-refractivity contribution in [3.8, 4) is 0 Å². The smallest absolute Gasteiger partial charge is 0.341 e. The van der Waals surface area contributed by atoms with Crippen molar-refractivity contribution < 1.29 is 41.1 Å². The van der Waals surface area contributed by atoms with Gasteiger partial charge in [-0.2, -0.15) is 8.78 Å². The maximum atomic E-state index is 12.7. The molecule has 1 aromatic carbocycles. The van der Waals surface area contributed by atoms with Gasteiger partial charge >= 0.3 is 17.7 Å². The third-order valence-corrected chi connectivity index (χ3v) is 5.87. The van der Waals surface area contributed by atoms with Crippen molar-refractivity contribution in [2.24, 2.45) is 0 Å². The maximum absolute atomic E-state index is 12.7.